The molecule has 37 heavy (non-hydrogen) atoms. The van der Waals surface area contributed by atoms with Gasteiger partial charge in [0.2, 0.25) is 0 Å². The van der Waals surface area contributed by atoms with Gasteiger partial charge in [-0.15, -0.1) is 0 Å². The van der Waals surface area contributed by atoms with Gasteiger partial charge in [-0.2, -0.15) is 0 Å². The summed E-state index contributed by atoms with van der Waals surface area (Å²) in [6, 6.07) is 13.1. The molecule has 4 heterocycles. The first-order valence-corrected chi connectivity index (χ1v) is 12.5. The number of nitrogens with one attached hydrogen (secondary N) is 1. The average Bonchev–Trinajstić information content (AvgIpc) is 3.54. The summed E-state index contributed by atoms with van der Waals surface area (Å²) >= 11 is 0. The van der Waals surface area contributed by atoms with Gasteiger partial charge in [0.25, 0.3) is 5.91 Å². The zero-order valence-corrected chi connectivity index (χ0v) is 20.4. The number of hydrogen-bond acceptors (Lipinski definition) is 7. The summed E-state index contributed by atoms with van der Waals surface area (Å²) in [6.07, 6.45) is 6.44. The minimum absolute atomic E-state index is 0.222. The van der Waals surface area contributed by atoms with Crippen molar-refractivity contribution in [1.82, 2.24) is 15.4 Å². The highest BCUT2D eigenvalue weighted by molar-refractivity contribution is 5.91. The van der Waals surface area contributed by atoms with Crippen LogP contribution in [0.25, 0.3) is 17.0 Å². The number of nitrogens with zero attached hydrogens (tertiary/aromatic N) is 3. The zero-order chi connectivity index (χ0) is 25.6. The third-order valence-corrected chi connectivity index (χ3v) is 6.55. The molecule has 0 radical (unpaired) electrons. The third kappa shape index (κ3) is 6.34. The van der Waals surface area contributed by atoms with Crippen LogP contribution in [0.2, 0.25) is 0 Å². The molecule has 5 rings (SSSR count). The Morgan fingerprint density at radius 3 is 2.86 bits per heavy atom. The summed E-state index contributed by atoms with van der Waals surface area (Å²) in [5, 5.41) is 11.0. The Kier molecular flexibility index (Phi) is 7.79. The van der Waals surface area contributed by atoms with E-state index in [0.29, 0.717) is 37.5 Å². The number of pyridine rings is 1. The quantitative estimate of drug-likeness (QED) is 0.345. The van der Waals surface area contributed by atoms with Crippen molar-refractivity contribution in [1.29, 1.82) is 0 Å². The number of para-hydroxylation sites is 1. The normalized spacial score (nSPS) is 20.4. The molecule has 2 aliphatic heterocycles. The number of amides is 2. The second-order valence-electron chi connectivity index (χ2n) is 9.24. The smallest absolute Gasteiger partial charge is 0.413 e. The van der Waals surface area contributed by atoms with Crippen molar-refractivity contribution in [3.63, 3.8) is 0 Å². The first-order valence-electron chi connectivity index (χ1n) is 12.5. The van der Waals surface area contributed by atoms with Crippen LogP contribution in [0.15, 0.2) is 59.2 Å². The van der Waals surface area contributed by atoms with Gasteiger partial charge in [-0.25, -0.2) is 20.1 Å². The lowest BCUT2D eigenvalue weighted by Gasteiger charge is -2.25. The molecule has 2 atom stereocenters. The van der Waals surface area contributed by atoms with E-state index < -0.39 is 18.3 Å². The minimum Gasteiger partial charge on any atom is -0.465 e. The fourth-order valence-electron chi connectivity index (χ4n) is 4.72. The van der Waals surface area contributed by atoms with E-state index in [1.165, 1.54) is 11.0 Å². The number of rotatable bonds is 8. The van der Waals surface area contributed by atoms with E-state index in [2.05, 4.69) is 15.4 Å². The molecule has 3 aromatic rings. The van der Waals surface area contributed by atoms with Crippen molar-refractivity contribution in [2.75, 3.05) is 24.6 Å². The molecular formula is C27H30N4O6. The molecule has 10 heteroatoms. The summed E-state index contributed by atoms with van der Waals surface area (Å²) in [5.41, 5.74) is 3.88. The zero-order valence-electron chi connectivity index (χ0n) is 20.4. The second-order valence-corrected chi connectivity index (χ2v) is 9.24. The van der Waals surface area contributed by atoms with Gasteiger partial charge in [-0.1, -0.05) is 18.2 Å². The van der Waals surface area contributed by atoms with Crippen LogP contribution in [-0.4, -0.2) is 59.0 Å². The summed E-state index contributed by atoms with van der Waals surface area (Å²) in [7, 11) is 0. The molecule has 0 spiro atoms. The largest absolute Gasteiger partial charge is 0.465 e. The number of carbonyl (C=O) groups is 2. The molecule has 1 unspecified atom stereocenters. The molecule has 1 aromatic carbocycles. The number of hydroxylamine groups is 1. The molecule has 0 aliphatic carbocycles. The van der Waals surface area contributed by atoms with E-state index in [9.17, 15) is 14.7 Å². The molecule has 10 nitrogen and oxygen atoms in total. The van der Waals surface area contributed by atoms with Crippen molar-refractivity contribution in [3.05, 3.63) is 66.1 Å². The van der Waals surface area contributed by atoms with Gasteiger partial charge in [0, 0.05) is 43.8 Å². The number of hydrogen-bond donors (Lipinski definition) is 2. The Bertz CT molecular complexity index is 1220. The minimum atomic E-state index is -1.05. The highest BCUT2D eigenvalue weighted by Gasteiger charge is 2.33. The number of benzene rings is 1. The summed E-state index contributed by atoms with van der Waals surface area (Å²) in [4.78, 5) is 37.3. The van der Waals surface area contributed by atoms with Crippen molar-refractivity contribution < 1.29 is 28.7 Å². The van der Waals surface area contributed by atoms with E-state index >= 15 is 0 Å². The molecule has 2 saturated heterocycles. The van der Waals surface area contributed by atoms with Crippen molar-refractivity contribution in [2.24, 2.45) is 0 Å². The van der Waals surface area contributed by atoms with Crippen LogP contribution in [-0.2, 0) is 20.9 Å². The van der Waals surface area contributed by atoms with Crippen LogP contribution in [0.5, 0.6) is 0 Å². The maximum absolute atomic E-state index is 12.1. The van der Waals surface area contributed by atoms with Crippen molar-refractivity contribution in [3.8, 4) is 0 Å². The number of ether oxygens (including phenoxy) is 1. The fourth-order valence-corrected chi connectivity index (χ4v) is 4.72. The molecule has 194 valence electrons. The second kappa shape index (κ2) is 11.5. The van der Waals surface area contributed by atoms with Gasteiger partial charge in [-0.05, 0) is 55.2 Å². The SMILES string of the molecule is O=C(/C=C/c1ccc(N(C(=O)O)[C@@H]2CCN(Cc3cc4ccccc4o3)C2)nc1)NOC1CCCCO1. The van der Waals surface area contributed by atoms with E-state index in [1.54, 1.807) is 24.4 Å². The first kappa shape index (κ1) is 24.9. The number of fused-ring (bicyclic) bond motifs is 1. The molecule has 0 bridgehead atoms. The summed E-state index contributed by atoms with van der Waals surface area (Å²) in [5.74, 6) is 0.794. The molecule has 2 amide bonds. The Morgan fingerprint density at radius 1 is 1.22 bits per heavy atom. The van der Waals surface area contributed by atoms with Gasteiger partial charge >= 0.3 is 6.09 Å². The number of carbonyl (C=O) groups excluding carboxylic acids is 1. The number of carboxylic acid groups (broad SMARTS) is 1. The fraction of sp³-hybridized carbons (Fsp3) is 0.370. The molecular weight excluding hydrogens is 476 g/mol. The predicted octanol–water partition coefficient (Wildman–Crippen LogP) is 4.17. The maximum atomic E-state index is 12.1. The van der Waals surface area contributed by atoms with Gasteiger partial charge in [-0.3, -0.25) is 14.6 Å². The third-order valence-electron chi connectivity index (χ3n) is 6.55. The Hall–Kier alpha value is -3.73. The monoisotopic (exact) mass is 506 g/mol. The molecule has 2 aliphatic rings. The van der Waals surface area contributed by atoms with Crippen LogP contribution >= 0.6 is 0 Å². The average molecular weight is 507 g/mol. The Balaban J connectivity index is 1.16. The van der Waals surface area contributed by atoms with Crippen molar-refractivity contribution >= 4 is 34.9 Å². The Morgan fingerprint density at radius 2 is 2.11 bits per heavy atom. The van der Waals surface area contributed by atoms with Crippen LogP contribution < -0.4 is 10.4 Å². The van der Waals surface area contributed by atoms with Crippen molar-refractivity contribution in [2.45, 2.75) is 44.6 Å². The van der Waals surface area contributed by atoms with E-state index in [4.69, 9.17) is 14.0 Å². The van der Waals surface area contributed by atoms with Crippen LogP contribution in [0.4, 0.5) is 10.6 Å². The highest BCUT2D eigenvalue weighted by Crippen LogP contribution is 2.25. The number of furan rings is 1. The van der Waals surface area contributed by atoms with Crippen LogP contribution in [0.1, 0.15) is 37.0 Å². The number of likely N-dealkylation sites (tertiary alicyclic amines) is 1. The molecule has 2 fully saturated rings. The van der Waals surface area contributed by atoms with Gasteiger partial charge in [0.1, 0.15) is 17.2 Å². The molecule has 2 aromatic heterocycles. The van der Waals surface area contributed by atoms with E-state index in [0.717, 1.165) is 42.5 Å². The molecule has 2 N–H and O–H groups in total. The predicted molar refractivity (Wildman–Crippen MR) is 136 cm³/mol. The van der Waals surface area contributed by atoms with Crippen LogP contribution in [0.3, 0.4) is 0 Å². The van der Waals surface area contributed by atoms with Crippen LogP contribution in [0, 0.1) is 0 Å². The van der Waals surface area contributed by atoms with E-state index in [1.807, 2.05) is 30.3 Å². The van der Waals surface area contributed by atoms with Gasteiger partial charge in [0.15, 0.2) is 6.29 Å². The van der Waals surface area contributed by atoms with E-state index in [-0.39, 0.29) is 6.04 Å². The Labute approximate surface area is 214 Å². The first-order chi connectivity index (χ1) is 18.0. The summed E-state index contributed by atoms with van der Waals surface area (Å²) < 4.78 is 11.3. The lowest BCUT2D eigenvalue weighted by molar-refractivity contribution is -0.198. The highest BCUT2D eigenvalue weighted by atomic mass is 16.8. The lowest BCUT2D eigenvalue weighted by atomic mass is 10.2. The molecule has 0 saturated carbocycles. The van der Waals surface area contributed by atoms with Gasteiger partial charge in [0.05, 0.1) is 12.6 Å². The lowest BCUT2D eigenvalue weighted by Crippen LogP contribution is -2.41. The standard InChI is InChI=1S/C27H30N4O6/c32-25(29-37-26-7-3-4-14-35-26)11-9-19-8-10-24(28-16-19)31(27(33)34)21-12-13-30(17-21)18-22-15-20-5-1-2-6-23(20)36-22/h1-2,5-6,8-11,15-16,21,26H,3-4,7,12-14,17-18H2,(H,29,32)(H,33,34)/b11-9+/t21-,26?/m1/s1. The summed E-state index contributed by atoms with van der Waals surface area (Å²) in [6.45, 7) is 2.59. The maximum Gasteiger partial charge on any atom is 0.413 e. The van der Waals surface area contributed by atoms with Gasteiger partial charge < -0.3 is 14.3 Å². The number of anilines is 1. The topological polar surface area (TPSA) is 117 Å². The number of aromatic nitrogens is 1.